The molecule has 2 nitrogen and oxygen atoms in total. The number of nitrogens with zero attached hydrogens (tertiary/aromatic N) is 1. The number of H-pyrrole nitrogens is 1. The first-order valence-corrected chi connectivity index (χ1v) is 5.20. The molecule has 0 amide bonds. The minimum atomic E-state index is 0.657. The van der Waals surface area contributed by atoms with Gasteiger partial charge in [0.2, 0.25) is 0 Å². The van der Waals surface area contributed by atoms with E-state index >= 15 is 0 Å². The third-order valence-corrected chi connectivity index (χ3v) is 2.84. The van der Waals surface area contributed by atoms with Crippen LogP contribution in [0.4, 0.5) is 0 Å². The highest BCUT2D eigenvalue weighted by Crippen LogP contribution is 2.20. The number of aryl methyl sites for hydroxylation is 1. The molecule has 1 N–H and O–H groups in total. The van der Waals surface area contributed by atoms with Gasteiger partial charge in [0.15, 0.2) is 0 Å². The van der Waals surface area contributed by atoms with Gasteiger partial charge in [-0.3, -0.25) is 0 Å². The summed E-state index contributed by atoms with van der Waals surface area (Å²) in [6.45, 7) is 4.06. The Morgan fingerprint density at radius 1 is 1.13 bits per heavy atom. The molecular formula is C12H12N2S. The summed E-state index contributed by atoms with van der Waals surface area (Å²) in [5.41, 5.74) is 4.47. The minimum Gasteiger partial charge on any atom is -0.346 e. The van der Waals surface area contributed by atoms with Crippen molar-refractivity contribution in [2.24, 2.45) is 0 Å². The van der Waals surface area contributed by atoms with Crippen molar-refractivity contribution in [3.63, 3.8) is 0 Å². The zero-order chi connectivity index (χ0) is 10.8. The van der Waals surface area contributed by atoms with Crippen LogP contribution in [0.5, 0.6) is 0 Å². The zero-order valence-electron chi connectivity index (χ0n) is 8.74. The smallest absolute Gasteiger partial charge is 0.132 e. The minimum absolute atomic E-state index is 0.657. The molecule has 0 atom stereocenters. The highest BCUT2D eigenvalue weighted by atomic mass is 32.1. The normalized spacial score (nSPS) is 10.3. The molecule has 76 valence electrons. The van der Waals surface area contributed by atoms with E-state index in [1.54, 1.807) is 6.33 Å². The van der Waals surface area contributed by atoms with Crippen LogP contribution in [-0.4, -0.2) is 9.97 Å². The summed E-state index contributed by atoms with van der Waals surface area (Å²) in [7, 11) is 0. The van der Waals surface area contributed by atoms with E-state index in [9.17, 15) is 0 Å². The van der Waals surface area contributed by atoms with E-state index in [4.69, 9.17) is 12.2 Å². The Morgan fingerprint density at radius 3 is 2.47 bits per heavy atom. The molecule has 3 heteroatoms. The molecule has 0 aliphatic rings. The molecule has 2 aromatic rings. The third kappa shape index (κ3) is 1.97. The van der Waals surface area contributed by atoms with Crippen molar-refractivity contribution in [1.82, 2.24) is 9.97 Å². The van der Waals surface area contributed by atoms with Gasteiger partial charge >= 0.3 is 0 Å². The first-order chi connectivity index (χ1) is 7.18. The van der Waals surface area contributed by atoms with Crippen molar-refractivity contribution < 1.29 is 0 Å². The van der Waals surface area contributed by atoms with Gasteiger partial charge in [-0.15, -0.1) is 0 Å². The summed E-state index contributed by atoms with van der Waals surface area (Å²) in [5.74, 6) is 0. The van der Waals surface area contributed by atoms with Crippen LogP contribution in [-0.2, 0) is 0 Å². The van der Waals surface area contributed by atoms with E-state index < -0.39 is 0 Å². The molecule has 1 aromatic carbocycles. The molecule has 0 bridgehead atoms. The average molecular weight is 216 g/mol. The quantitative estimate of drug-likeness (QED) is 0.740. The van der Waals surface area contributed by atoms with Gasteiger partial charge in [-0.2, -0.15) is 0 Å². The number of hydrogen-bond donors (Lipinski definition) is 1. The summed E-state index contributed by atoms with van der Waals surface area (Å²) in [6, 6.07) is 8.35. The third-order valence-electron chi connectivity index (χ3n) is 2.43. The first-order valence-electron chi connectivity index (χ1n) is 4.80. The largest absolute Gasteiger partial charge is 0.346 e. The van der Waals surface area contributed by atoms with Gasteiger partial charge in [0.1, 0.15) is 4.64 Å². The van der Waals surface area contributed by atoms with E-state index in [1.807, 2.05) is 6.92 Å². The lowest BCUT2D eigenvalue weighted by atomic mass is 10.1. The fraction of sp³-hybridized carbons (Fsp3) is 0.167. The lowest BCUT2D eigenvalue weighted by Crippen LogP contribution is -1.91. The van der Waals surface area contributed by atoms with Crippen molar-refractivity contribution in [2.75, 3.05) is 0 Å². The topological polar surface area (TPSA) is 28.7 Å². The summed E-state index contributed by atoms with van der Waals surface area (Å²) in [4.78, 5) is 7.18. The predicted molar refractivity (Wildman–Crippen MR) is 64.3 cm³/mol. The summed E-state index contributed by atoms with van der Waals surface area (Å²) < 4.78 is 0.657. The van der Waals surface area contributed by atoms with Crippen LogP contribution in [0.15, 0.2) is 30.6 Å². The van der Waals surface area contributed by atoms with Gasteiger partial charge in [-0.05, 0) is 19.4 Å². The van der Waals surface area contributed by atoms with E-state index in [1.165, 1.54) is 5.56 Å². The van der Waals surface area contributed by atoms with Gasteiger partial charge < -0.3 is 4.98 Å². The van der Waals surface area contributed by atoms with Crippen LogP contribution in [0.25, 0.3) is 11.3 Å². The van der Waals surface area contributed by atoms with Gasteiger partial charge in [-0.1, -0.05) is 42.0 Å². The van der Waals surface area contributed by atoms with Gasteiger partial charge in [-0.25, -0.2) is 4.98 Å². The molecule has 2 rings (SSSR count). The number of benzene rings is 1. The maximum atomic E-state index is 5.14. The molecule has 0 aliphatic carbocycles. The van der Waals surface area contributed by atoms with Crippen molar-refractivity contribution in [1.29, 1.82) is 0 Å². The molecule has 1 aromatic heterocycles. The van der Waals surface area contributed by atoms with Crippen LogP contribution >= 0.6 is 12.2 Å². The number of aromatic amines is 1. The van der Waals surface area contributed by atoms with Crippen molar-refractivity contribution in [3.05, 3.63) is 46.4 Å². The Hall–Kier alpha value is -1.48. The number of rotatable bonds is 1. The lowest BCUT2D eigenvalue weighted by Gasteiger charge is -2.05. The van der Waals surface area contributed by atoms with Gasteiger partial charge in [0.05, 0.1) is 12.0 Å². The second kappa shape index (κ2) is 3.95. The lowest BCUT2D eigenvalue weighted by molar-refractivity contribution is 1.12. The number of hydrogen-bond acceptors (Lipinski definition) is 2. The van der Waals surface area contributed by atoms with Gasteiger partial charge in [0.25, 0.3) is 0 Å². The van der Waals surface area contributed by atoms with E-state index in [0.29, 0.717) is 4.64 Å². The fourth-order valence-corrected chi connectivity index (χ4v) is 1.64. The van der Waals surface area contributed by atoms with E-state index in [-0.39, 0.29) is 0 Å². The summed E-state index contributed by atoms with van der Waals surface area (Å²) >= 11 is 5.14. The van der Waals surface area contributed by atoms with Crippen molar-refractivity contribution in [2.45, 2.75) is 13.8 Å². The second-order valence-corrected chi connectivity index (χ2v) is 3.96. The van der Waals surface area contributed by atoms with Crippen LogP contribution in [0.1, 0.15) is 11.1 Å². The molecule has 0 radical (unpaired) electrons. The summed E-state index contributed by atoms with van der Waals surface area (Å²) in [5, 5.41) is 0. The molecule has 0 fully saturated rings. The van der Waals surface area contributed by atoms with Crippen molar-refractivity contribution >= 4 is 12.2 Å². The molecular weight excluding hydrogens is 204 g/mol. The van der Waals surface area contributed by atoms with Gasteiger partial charge in [0, 0.05) is 5.56 Å². The van der Waals surface area contributed by atoms with Crippen LogP contribution in [0, 0.1) is 18.5 Å². The standard InChI is InChI=1S/C12H12N2S/c1-8-3-5-10(6-4-8)11-9(2)12(15)14-7-13-11/h3-7H,1-2H3,(H,13,14,15). The van der Waals surface area contributed by atoms with Crippen LogP contribution in [0.2, 0.25) is 0 Å². The molecule has 1 heterocycles. The first kappa shape index (κ1) is 10.1. The molecule has 0 unspecified atom stereocenters. The van der Waals surface area contributed by atoms with Crippen molar-refractivity contribution in [3.8, 4) is 11.3 Å². The molecule has 0 spiro atoms. The Kier molecular flexibility index (Phi) is 2.64. The number of nitrogens with one attached hydrogen (secondary N) is 1. The molecule has 0 saturated heterocycles. The monoisotopic (exact) mass is 216 g/mol. The Morgan fingerprint density at radius 2 is 1.80 bits per heavy atom. The zero-order valence-corrected chi connectivity index (χ0v) is 9.56. The Bertz CT molecular complexity index is 526. The summed E-state index contributed by atoms with van der Waals surface area (Å²) in [6.07, 6.45) is 1.64. The second-order valence-electron chi connectivity index (χ2n) is 3.57. The van der Waals surface area contributed by atoms with Crippen LogP contribution < -0.4 is 0 Å². The average Bonchev–Trinajstić information content (AvgIpc) is 2.24. The molecule has 15 heavy (non-hydrogen) atoms. The highest BCUT2D eigenvalue weighted by Gasteiger charge is 2.02. The number of aromatic nitrogens is 2. The highest BCUT2D eigenvalue weighted by molar-refractivity contribution is 7.71. The molecule has 0 saturated carbocycles. The fourth-order valence-electron chi connectivity index (χ4n) is 1.49. The van der Waals surface area contributed by atoms with E-state index in [0.717, 1.165) is 16.8 Å². The Balaban J connectivity index is 2.59. The SMILES string of the molecule is Cc1ccc(-c2[nH]cnc(=S)c2C)cc1. The maximum absolute atomic E-state index is 5.14. The van der Waals surface area contributed by atoms with Crippen LogP contribution in [0.3, 0.4) is 0 Å². The Labute approximate surface area is 94.0 Å². The predicted octanol–water partition coefficient (Wildman–Crippen LogP) is 3.42. The maximum Gasteiger partial charge on any atom is 0.132 e. The van der Waals surface area contributed by atoms with E-state index in [2.05, 4.69) is 41.2 Å². The molecule has 0 aliphatic heterocycles.